The monoisotopic (exact) mass is 388 g/mol. The van der Waals surface area contributed by atoms with Crippen LogP contribution >= 0.6 is 11.6 Å². The van der Waals surface area contributed by atoms with Gasteiger partial charge in [-0.1, -0.05) is 35.9 Å². The summed E-state index contributed by atoms with van der Waals surface area (Å²) in [7, 11) is 1.32. The van der Waals surface area contributed by atoms with Crippen LogP contribution in [-0.2, 0) is 9.53 Å². The minimum atomic E-state index is -0.466. The first-order valence-corrected chi connectivity index (χ1v) is 9.26. The number of piperazine rings is 1. The van der Waals surface area contributed by atoms with E-state index in [0.717, 1.165) is 36.9 Å². The first kappa shape index (κ1) is 19.2. The van der Waals surface area contributed by atoms with Crippen molar-refractivity contribution in [2.24, 2.45) is 0 Å². The van der Waals surface area contributed by atoms with Gasteiger partial charge in [0.25, 0.3) is 5.91 Å². The molecule has 1 saturated heterocycles. The zero-order valence-electron chi connectivity index (χ0n) is 15.2. The topological polar surface area (TPSA) is 63.1 Å². The van der Waals surface area contributed by atoms with E-state index in [0.29, 0.717) is 17.8 Å². The van der Waals surface area contributed by atoms with E-state index in [1.807, 2.05) is 24.3 Å². The maximum Gasteiger partial charge on any atom is 0.339 e. The van der Waals surface area contributed by atoms with Gasteiger partial charge >= 0.3 is 5.97 Å². The highest BCUT2D eigenvalue weighted by Crippen LogP contribution is 2.24. The highest BCUT2D eigenvalue weighted by molar-refractivity contribution is 6.33. The number of hydrogen-bond acceptors (Lipinski definition) is 4. The number of hydrogen-bond donors (Lipinski definition) is 2. The molecule has 0 saturated carbocycles. The third kappa shape index (κ3) is 4.78. The molecule has 1 amide bonds. The molecular formula is C20H23ClN3O3+. The highest BCUT2D eigenvalue weighted by atomic mass is 35.5. The summed E-state index contributed by atoms with van der Waals surface area (Å²) in [6.45, 7) is 3.72. The molecule has 0 unspecified atom stereocenters. The lowest BCUT2D eigenvalue weighted by Crippen LogP contribution is -3.15. The van der Waals surface area contributed by atoms with E-state index < -0.39 is 5.97 Å². The molecule has 0 radical (unpaired) electrons. The summed E-state index contributed by atoms with van der Waals surface area (Å²) in [5, 5.41) is 3.58. The molecule has 7 heteroatoms. The Morgan fingerprint density at radius 2 is 1.78 bits per heavy atom. The second kappa shape index (κ2) is 8.88. The Labute approximate surface area is 163 Å². The molecule has 142 valence electrons. The average Bonchev–Trinajstić information content (AvgIpc) is 2.69. The number of carbonyl (C=O) groups excluding carboxylic acids is 2. The number of benzene rings is 2. The van der Waals surface area contributed by atoms with Crippen molar-refractivity contribution < 1.29 is 19.2 Å². The van der Waals surface area contributed by atoms with Crippen LogP contribution in [0.15, 0.2) is 48.5 Å². The minimum Gasteiger partial charge on any atom is -0.465 e. The molecule has 1 aliphatic rings. The van der Waals surface area contributed by atoms with E-state index in [2.05, 4.69) is 10.2 Å². The third-order valence-corrected chi connectivity index (χ3v) is 5.00. The summed E-state index contributed by atoms with van der Waals surface area (Å²) in [5.41, 5.74) is 1.87. The summed E-state index contributed by atoms with van der Waals surface area (Å²) in [6, 6.07) is 14.7. The number of carbonyl (C=O) groups is 2. The molecule has 3 rings (SSSR count). The molecule has 27 heavy (non-hydrogen) atoms. The number of ether oxygens (including phenoxy) is 1. The third-order valence-electron chi connectivity index (χ3n) is 4.68. The first-order chi connectivity index (χ1) is 13.1. The van der Waals surface area contributed by atoms with Gasteiger partial charge in [-0.2, -0.15) is 0 Å². The molecule has 0 spiro atoms. The summed E-state index contributed by atoms with van der Waals surface area (Å²) < 4.78 is 4.76. The number of anilines is 2. The van der Waals surface area contributed by atoms with E-state index >= 15 is 0 Å². The number of methoxy groups -OCH3 is 1. The van der Waals surface area contributed by atoms with Gasteiger partial charge in [-0.3, -0.25) is 4.79 Å². The van der Waals surface area contributed by atoms with Crippen molar-refractivity contribution in [3.63, 3.8) is 0 Å². The van der Waals surface area contributed by atoms with Crippen molar-refractivity contribution in [2.75, 3.05) is 50.1 Å². The number of quaternary nitrogens is 1. The Balaban J connectivity index is 1.55. The molecule has 1 fully saturated rings. The van der Waals surface area contributed by atoms with Crippen LogP contribution in [0.3, 0.4) is 0 Å². The Hall–Kier alpha value is -2.57. The molecule has 0 atom stereocenters. The maximum atomic E-state index is 12.4. The van der Waals surface area contributed by atoms with Gasteiger partial charge in [0.05, 0.1) is 55.2 Å². The number of halogens is 1. The van der Waals surface area contributed by atoms with E-state index in [-0.39, 0.29) is 5.91 Å². The van der Waals surface area contributed by atoms with Crippen molar-refractivity contribution in [1.82, 2.24) is 0 Å². The van der Waals surface area contributed by atoms with Crippen molar-refractivity contribution in [3.05, 3.63) is 59.1 Å². The van der Waals surface area contributed by atoms with Crippen LogP contribution in [0, 0.1) is 0 Å². The fourth-order valence-electron chi connectivity index (χ4n) is 3.25. The molecular weight excluding hydrogens is 366 g/mol. The number of nitrogens with one attached hydrogen (secondary N) is 2. The molecule has 2 aromatic carbocycles. The molecule has 6 nitrogen and oxygen atoms in total. The average molecular weight is 389 g/mol. The Morgan fingerprint density at radius 3 is 2.48 bits per heavy atom. The van der Waals surface area contributed by atoms with Gasteiger partial charge in [0, 0.05) is 0 Å². The second-order valence-corrected chi connectivity index (χ2v) is 6.86. The molecule has 2 N–H and O–H groups in total. The number of rotatable bonds is 5. The van der Waals surface area contributed by atoms with E-state index in [1.165, 1.54) is 12.0 Å². The number of amides is 1. The number of esters is 1. The van der Waals surface area contributed by atoms with E-state index in [4.69, 9.17) is 16.3 Å². The molecule has 1 aliphatic heterocycles. The largest absolute Gasteiger partial charge is 0.465 e. The highest BCUT2D eigenvalue weighted by Gasteiger charge is 2.24. The fraction of sp³-hybridized carbons (Fsp3) is 0.300. The van der Waals surface area contributed by atoms with Gasteiger partial charge in [-0.05, 0) is 24.3 Å². The number of nitrogens with zero attached hydrogens (tertiary/aromatic N) is 1. The van der Waals surface area contributed by atoms with Crippen molar-refractivity contribution in [1.29, 1.82) is 0 Å². The summed E-state index contributed by atoms with van der Waals surface area (Å²) in [6.07, 6.45) is 0. The summed E-state index contributed by atoms with van der Waals surface area (Å²) in [5.74, 6) is -0.584. The zero-order chi connectivity index (χ0) is 19.2. The van der Waals surface area contributed by atoms with Crippen LogP contribution in [0.4, 0.5) is 11.4 Å². The van der Waals surface area contributed by atoms with Crippen molar-refractivity contribution in [2.45, 2.75) is 0 Å². The Kier molecular flexibility index (Phi) is 6.32. The quantitative estimate of drug-likeness (QED) is 0.761. The molecule has 2 aromatic rings. The lowest BCUT2D eigenvalue weighted by molar-refractivity contribution is -0.892. The second-order valence-electron chi connectivity index (χ2n) is 6.45. The van der Waals surface area contributed by atoms with Crippen LogP contribution in [-0.4, -0.2) is 51.7 Å². The molecule has 0 aliphatic carbocycles. The molecule has 0 aromatic heterocycles. The van der Waals surface area contributed by atoms with Gasteiger partial charge in [-0.25, -0.2) is 4.79 Å². The van der Waals surface area contributed by atoms with Gasteiger partial charge in [0.1, 0.15) is 0 Å². The predicted molar refractivity (Wildman–Crippen MR) is 106 cm³/mol. The smallest absolute Gasteiger partial charge is 0.339 e. The number of para-hydroxylation sites is 2. The van der Waals surface area contributed by atoms with Crippen LogP contribution in [0.5, 0.6) is 0 Å². The van der Waals surface area contributed by atoms with E-state index in [9.17, 15) is 9.59 Å². The minimum absolute atomic E-state index is 0.118. The predicted octanol–water partition coefficient (Wildman–Crippen LogP) is 1.47. The van der Waals surface area contributed by atoms with Crippen molar-refractivity contribution >= 4 is 34.9 Å². The summed E-state index contributed by atoms with van der Waals surface area (Å²) >= 11 is 6.27. The standard InChI is InChI=1S/C20H22ClN3O3/c1-27-20(26)15-6-2-4-8-17(15)22-19(25)14-23-10-12-24(13-11-23)18-9-5-3-7-16(18)21/h2-9H,10-14H2,1H3,(H,22,25)/p+1. The molecule has 1 heterocycles. The fourth-order valence-corrected chi connectivity index (χ4v) is 3.51. The SMILES string of the molecule is COC(=O)c1ccccc1NC(=O)C[NH+]1CCN(c2ccccc2Cl)CC1. The normalized spacial score (nSPS) is 14.7. The van der Waals surface area contributed by atoms with Crippen LogP contribution in [0.25, 0.3) is 0 Å². The summed E-state index contributed by atoms with van der Waals surface area (Å²) in [4.78, 5) is 27.7. The Morgan fingerprint density at radius 1 is 1.11 bits per heavy atom. The van der Waals surface area contributed by atoms with Crippen LogP contribution < -0.4 is 15.1 Å². The van der Waals surface area contributed by atoms with Gasteiger partial charge in [0.2, 0.25) is 0 Å². The molecule has 0 bridgehead atoms. The maximum absolute atomic E-state index is 12.4. The van der Waals surface area contributed by atoms with Crippen LogP contribution in [0.2, 0.25) is 5.02 Å². The van der Waals surface area contributed by atoms with Crippen molar-refractivity contribution in [3.8, 4) is 0 Å². The van der Waals surface area contributed by atoms with Crippen LogP contribution in [0.1, 0.15) is 10.4 Å². The Bertz CT molecular complexity index is 820. The first-order valence-electron chi connectivity index (χ1n) is 8.88. The van der Waals surface area contributed by atoms with E-state index in [1.54, 1.807) is 24.3 Å². The lowest BCUT2D eigenvalue weighted by Gasteiger charge is -2.33. The van der Waals surface area contributed by atoms with Gasteiger partial charge < -0.3 is 19.9 Å². The lowest BCUT2D eigenvalue weighted by atomic mass is 10.2. The zero-order valence-corrected chi connectivity index (χ0v) is 16.0. The van der Waals surface area contributed by atoms with Gasteiger partial charge in [-0.15, -0.1) is 0 Å². The van der Waals surface area contributed by atoms with Gasteiger partial charge in [0.15, 0.2) is 6.54 Å².